The van der Waals surface area contributed by atoms with Crippen molar-refractivity contribution < 1.29 is 19.8 Å². The van der Waals surface area contributed by atoms with E-state index in [4.69, 9.17) is 11.6 Å². The number of carbonyl (C=O) groups excluding carboxylic acids is 1. The maximum atomic E-state index is 13.5. The minimum absolute atomic E-state index is 0.000795. The summed E-state index contributed by atoms with van der Waals surface area (Å²) in [5, 5.41) is 20.3. The second kappa shape index (κ2) is 8.18. The number of aromatic nitrogens is 1. The van der Waals surface area contributed by atoms with E-state index in [0.29, 0.717) is 22.7 Å². The van der Waals surface area contributed by atoms with Crippen molar-refractivity contribution in [1.82, 2.24) is 4.98 Å². The molecule has 1 aliphatic heterocycles. The maximum absolute atomic E-state index is 13.5. The number of anilines is 1. The molecule has 1 amide bonds. The number of carboxylic acids is 1. The van der Waals surface area contributed by atoms with Crippen molar-refractivity contribution in [2.45, 2.75) is 24.7 Å². The molecule has 7 heteroatoms. The predicted octanol–water partition coefficient (Wildman–Crippen LogP) is 6.18. The van der Waals surface area contributed by atoms with Gasteiger partial charge >= 0.3 is 5.97 Å². The first kappa shape index (κ1) is 23.3. The highest BCUT2D eigenvalue weighted by Gasteiger charge is 2.66. The number of hydrogen-bond acceptors (Lipinski definition) is 4. The van der Waals surface area contributed by atoms with Crippen molar-refractivity contribution in [3.8, 4) is 28.1 Å². The molecule has 2 aliphatic rings. The molecule has 1 spiro atoms. The normalized spacial score (nSPS) is 19.8. The number of likely N-dealkylation sites (N-methyl/N-ethyl adjacent to an activating group) is 1. The number of carbonyl (C=O) groups is 2. The molecule has 6 nitrogen and oxygen atoms in total. The van der Waals surface area contributed by atoms with E-state index in [0.717, 1.165) is 33.5 Å². The highest BCUT2D eigenvalue weighted by atomic mass is 35.5. The highest BCUT2D eigenvalue weighted by Crippen LogP contribution is 2.67. The van der Waals surface area contributed by atoms with Crippen molar-refractivity contribution >= 4 is 29.2 Å². The third-order valence-corrected chi connectivity index (χ3v) is 8.04. The Hall–Kier alpha value is -4.16. The largest absolute Gasteiger partial charge is 0.506 e. The van der Waals surface area contributed by atoms with E-state index in [1.165, 1.54) is 0 Å². The van der Waals surface area contributed by atoms with Gasteiger partial charge in [0.1, 0.15) is 11.4 Å². The Morgan fingerprint density at radius 3 is 2.51 bits per heavy atom. The van der Waals surface area contributed by atoms with Gasteiger partial charge in [-0.15, -0.1) is 0 Å². The van der Waals surface area contributed by atoms with Gasteiger partial charge in [-0.05, 0) is 65.9 Å². The molecule has 2 atom stereocenters. The number of benzene rings is 3. The molecule has 6 rings (SSSR count). The smallest absolute Gasteiger partial charge is 0.335 e. The fourth-order valence-electron chi connectivity index (χ4n) is 5.66. The lowest BCUT2D eigenvalue weighted by Gasteiger charge is -2.13. The van der Waals surface area contributed by atoms with E-state index in [2.05, 4.69) is 4.98 Å². The van der Waals surface area contributed by atoms with E-state index < -0.39 is 11.4 Å². The molecule has 1 aromatic heterocycles. The van der Waals surface area contributed by atoms with Crippen LogP contribution in [0.2, 0.25) is 5.02 Å². The second-order valence-corrected chi connectivity index (χ2v) is 10.2. The minimum atomic E-state index is -0.971. The van der Waals surface area contributed by atoms with E-state index >= 15 is 0 Å². The van der Waals surface area contributed by atoms with Gasteiger partial charge in [-0.25, -0.2) is 4.79 Å². The molecule has 2 heterocycles. The number of aryl methyl sites for hydroxylation is 1. The van der Waals surface area contributed by atoms with E-state index in [1.54, 1.807) is 43.3 Å². The van der Waals surface area contributed by atoms with Crippen molar-refractivity contribution in [1.29, 1.82) is 0 Å². The number of amides is 1. The number of hydrogen-bond donors (Lipinski definition) is 2. The molecule has 4 aromatic rings. The summed E-state index contributed by atoms with van der Waals surface area (Å²) in [4.78, 5) is 31.2. The van der Waals surface area contributed by atoms with Gasteiger partial charge < -0.3 is 15.1 Å². The van der Waals surface area contributed by atoms with Gasteiger partial charge in [-0.1, -0.05) is 48.0 Å². The van der Waals surface area contributed by atoms with Crippen LogP contribution in [0.25, 0.3) is 22.4 Å². The Kier molecular flexibility index (Phi) is 5.14. The van der Waals surface area contributed by atoms with Crippen LogP contribution in [0.3, 0.4) is 0 Å². The van der Waals surface area contributed by atoms with Gasteiger partial charge in [-0.2, -0.15) is 0 Å². The Morgan fingerprint density at radius 2 is 1.81 bits per heavy atom. The molecule has 1 aliphatic carbocycles. The van der Waals surface area contributed by atoms with Crippen LogP contribution in [-0.4, -0.2) is 34.1 Å². The van der Waals surface area contributed by atoms with Crippen LogP contribution >= 0.6 is 11.6 Å². The lowest BCUT2D eigenvalue weighted by molar-refractivity contribution is -0.120. The summed E-state index contributed by atoms with van der Waals surface area (Å²) in [6.45, 7) is 1.77. The van der Waals surface area contributed by atoms with Crippen molar-refractivity contribution in [3.63, 3.8) is 0 Å². The first-order valence-corrected chi connectivity index (χ1v) is 12.3. The average molecular weight is 511 g/mol. The van der Waals surface area contributed by atoms with Gasteiger partial charge in [0.15, 0.2) is 0 Å². The van der Waals surface area contributed by atoms with Crippen LogP contribution in [0.5, 0.6) is 5.75 Å². The molecule has 2 N–H and O–H groups in total. The molecule has 0 radical (unpaired) electrons. The third kappa shape index (κ3) is 3.44. The summed E-state index contributed by atoms with van der Waals surface area (Å²) in [7, 11) is 1.76. The number of aromatic hydroxyl groups is 1. The number of pyridine rings is 1. The molecule has 184 valence electrons. The SMILES string of the molecule is Cc1ccc(C2CC23C(=O)N(C)c2cc(Cl)c(-c4ccc(-c5ncccc5O)cc4)cc23)cc1C(=O)O. The quantitative estimate of drug-likeness (QED) is 0.342. The zero-order valence-electron chi connectivity index (χ0n) is 20.2. The zero-order chi connectivity index (χ0) is 26.1. The van der Waals surface area contributed by atoms with Crippen molar-refractivity contribution in [2.75, 3.05) is 11.9 Å². The van der Waals surface area contributed by atoms with Crippen molar-refractivity contribution in [3.05, 3.63) is 100 Å². The fourth-order valence-corrected chi connectivity index (χ4v) is 5.92. The number of nitrogens with zero attached hydrogens (tertiary/aromatic N) is 2. The lowest BCUT2D eigenvalue weighted by atomic mass is 9.89. The van der Waals surface area contributed by atoms with Crippen LogP contribution in [-0.2, 0) is 10.2 Å². The number of aromatic carboxylic acids is 1. The van der Waals surface area contributed by atoms with Crippen LogP contribution in [0.4, 0.5) is 5.69 Å². The zero-order valence-corrected chi connectivity index (χ0v) is 21.0. The van der Waals surface area contributed by atoms with Gasteiger partial charge in [0.05, 0.1) is 16.0 Å². The Bertz CT molecular complexity index is 1610. The molecule has 37 heavy (non-hydrogen) atoms. The monoisotopic (exact) mass is 510 g/mol. The van der Waals surface area contributed by atoms with E-state index in [1.807, 2.05) is 48.5 Å². The summed E-state index contributed by atoms with van der Waals surface area (Å²) < 4.78 is 0. The summed E-state index contributed by atoms with van der Waals surface area (Å²) in [5.74, 6) is -0.970. The maximum Gasteiger partial charge on any atom is 0.335 e. The lowest BCUT2D eigenvalue weighted by Crippen LogP contribution is -2.29. The van der Waals surface area contributed by atoms with Crippen LogP contribution < -0.4 is 4.90 Å². The first-order chi connectivity index (χ1) is 17.7. The number of fused-ring (bicyclic) bond motifs is 2. The molecular formula is C30H23ClN2O4. The summed E-state index contributed by atoms with van der Waals surface area (Å²) in [6, 6.07) is 20.2. The molecule has 1 fully saturated rings. The highest BCUT2D eigenvalue weighted by molar-refractivity contribution is 6.34. The van der Waals surface area contributed by atoms with E-state index in [9.17, 15) is 19.8 Å². The standard InChI is InChI=1S/C30H23ClN2O4/c1-16-5-6-19(12-20(16)28(35)36)23-15-30(23)22-13-21(24(31)14-25(22)33(2)29(30)37)17-7-9-18(10-8-17)27-26(34)4-3-11-32-27/h3-14,23,34H,15H2,1-2H3,(H,35,36). The summed E-state index contributed by atoms with van der Waals surface area (Å²) >= 11 is 6.72. The Labute approximate surface area is 218 Å². The van der Waals surface area contributed by atoms with Gasteiger partial charge in [-0.3, -0.25) is 9.78 Å². The average Bonchev–Trinajstić information content (AvgIpc) is 3.61. The summed E-state index contributed by atoms with van der Waals surface area (Å²) in [6.07, 6.45) is 2.25. The molecular weight excluding hydrogens is 488 g/mol. The molecule has 0 bridgehead atoms. The molecule has 1 saturated carbocycles. The molecule has 0 saturated heterocycles. The number of halogens is 1. The van der Waals surface area contributed by atoms with Crippen LogP contribution in [0.1, 0.15) is 39.4 Å². The second-order valence-electron chi connectivity index (χ2n) is 9.77. The molecule has 2 unspecified atom stereocenters. The fraction of sp³-hybridized carbons (Fsp3) is 0.167. The third-order valence-electron chi connectivity index (χ3n) is 7.72. The first-order valence-electron chi connectivity index (χ1n) is 11.9. The minimum Gasteiger partial charge on any atom is -0.506 e. The van der Waals surface area contributed by atoms with Crippen LogP contribution in [0, 0.1) is 6.92 Å². The van der Waals surface area contributed by atoms with Gasteiger partial charge in [0.25, 0.3) is 0 Å². The summed E-state index contributed by atoms with van der Waals surface area (Å²) in [5.41, 5.74) is 5.73. The topological polar surface area (TPSA) is 90.7 Å². The van der Waals surface area contributed by atoms with Crippen molar-refractivity contribution in [2.24, 2.45) is 0 Å². The Morgan fingerprint density at radius 1 is 1.08 bits per heavy atom. The Balaban J connectivity index is 1.41. The van der Waals surface area contributed by atoms with Gasteiger partial charge in [0, 0.05) is 36.0 Å². The number of rotatable bonds is 4. The molecule has 3 aromatic carbocycles. The number of carboxylic acid groups (broad SMARTS) is 1. The van der Waals surface area contributed by atoms with E-state index in [-0.39, 0.29) is 23.1 Å². The predicted molar refractivity (Wildman–Crippen MR) is 142 cm³/mol. The van der Waals surface area contributed by atoms with Gasteiger partial charge in [0.2, 0.25) is 5.91 Å². The van der Waals surface area contributed by atoms with Crippen LogP contribution in [0.15, 0.2) is 72.9 Å².